The largest absolute Gasteiger partial charge is 0.345 e. The van der Waals surface area contributed by atoms with E-state index in [1.54, 1.807) is 30.3 Å². The molecular weight excluding hydrogens is 299 g/mol. The standard InChI is InChI=1S/C17H13FN2OS/c18-14-3-1-2-13-15(8-9-22-16(13)14)20-17(21)12-6-4-11(10-19)5-7-12/h1-7,15H,8-9H2,(H,20,21). The first-order valence-electron chi connectivity index (χ1n) is 6.91. The van der Waals surface area contributed by atoms with E-state index in [1.165, 1.54) is 17.8 Å². The molecule has 1 unspecified atom stereocenters. The van der Waals surface area contributed by atoms with Gasteiger partial charge in [0.2, 0.25) is 0 Å². The minimum atomic E-state index is -0.236. The van der Waals surface area contributed by atoms with Crippen molar-refractivity contribution in [3.8, 4) is 6.07 Å². The maximum absolute atomic E-state index is 13.8. The normalized spacial score (nSPS) is 16.5. The van der Waals surface area contributed by atoms with Crippen LogP contribution in [0, 0.1) is 17.1 Å². The van der Waals surface area contributed by atoms with Gasteiger partial charge in [-0.05, 0) is 42.3 Å². The molecular formula is C17H13FN2OS. The molecule has 3 rings (SSSR count). The maximum atomic E-state index is 13.8. The Morgan fingerprint density at radius 2 is 2.05 bits per heavy atom. The fourth-order valence-corrected chi connectivity index (χ4v) is 3.61. The summed E-state index contributed by atoms with van der Waals surface area (Å²) in [6.45, 7) is 0. The van der Waals surface area contributed by atoms with Gasteiger partial charge in [-0.25, -0.2) is 4.39 Å². The van der Waals surface area contributed by atoms with E-state index < -0.39 is 0 Å². The second-order valence-electron chi connectivity index (χ2n) is 5.01. The zero-order valence-corrected chi connectivity index (χ0v) is 12.5. The zero-order chi connectivity index (χ0) is 15.5. The van der Waals surface area contributed by atoms with Crippen molar-refractivity contribution >= 4 is 17.7 Å². The first kappa shape index (κ1) is 14.6. The van der Waals surface area contributed by atoms with Crippen molar-refractivity contribution in [3.05, 3.63) is 65.0 Å². The van der Waals surface area contributed by atoms with Gasteiger partial charge >= 0.3 is 0 Å². The van der Waals surface area contributed by atoms with Gasteiger partial charge in [0.25, 0.3) is 5.91 Å². The van der Waals surface area contributed by atoms with Crippen molar-refractivity contribution in [1.82, 2.24) is 5.32 Å². The lowest BCUT2D eigenvalue weighted by atomic mass is 10.0. The number of hydrogen-bond donors (Lipinski definition) is 1. The van der Waals surface area contributed by atoms with Crippen LogP contribution >= 0.6 is 11.8 Å². The molecule has 0 saturated carbocycles. The van der Waals surface area contributed by atoms with Gasteiger partial charge in [-0.3, -0.25) is 4.79 Å². The van der Waals surface area contributed by atoms with Crippen molar-refractivity contribution in [2.24, 2.45) is 0 Å². The second-order valence-corrected chi connectivity index (χ2v) is 6.12. The Morgan fingerprint density at radius 1 is 1.27 bits per heavy atom. The van der Waals surface area contributed by atoms with Gasteiger partial charge in [-0.1, -0.05) is 12.1 Å². The molecule has 0 fully saturated rings. The highest BCUT2D eigenvalue weighted by atomic mass is 32.2. The van der Waals surface area contributed by atoms with Crippen LogP contribution in [0.4, 0.5) is 4.39 Å². The van der Waals surface area contributed by atoms with Gasteiger partial charge < -0.3 is 5.32 Å². The number of nitriles is 1. The van der Waals surface area contributed by atoms with E-state index in [1.807, 2.05) is 12.1 Å². The number of benzene rings is 2. The fraction of sp³-hybridized carbons (Fsp3) is 0.176. The number of halogens is 1. The second kappa shape index (κ2) is 6.20. The van der Waals surface area contributed by atoms with E-state index in [2.05, 4.69) is 5.32 Å². The highest BCUT2D eigenvalue weighted by Gasteiger charge is 2.24. The molecule has 0 aliphatic carbocycles. The van der Waals surface area contributed by atoms with Crippen molar-refractivity contribution in [2.45, 2.75) is 17.4 Å². The Kier molecular flexibility index (Phi) is 4.12. The third-order valence-corrected chi connectivity index (χ3v) is 4.77. The van der Waals surface area contributed by atoms with Crippen molar-refractivity contribution in [3.63, 3.8) is 0 Å². The van der Waals surface area contributed by atoms with Gasteiger partial charge in [0.15, 0.2) is 0 Å². The third kappa shape index (κ3) is 2.83. The Hall–Kier alpha value is -2.32. The fourth-order valence-electron chi connectivity index (χ4n) is 2.47. The van der Waals surface area contributed by atoms with Crippen LogP contribution in [0.5, 0.6) is 0 Å². The average molecular weight is 312 g/mol. The molecule has 1 aliphatic rings. The van der Waals surface area contributed by atoms with E-state index in [4.69, 9.17) is 5.26 Å². The van der Waals surface area contributed by atoms with Gasteiger partial charge in [0.1, 0.15) is 5.82 Å². The maximum Gasteiger partial charge on any atom is 0.251 e. The van der Waals surface area contributed by atoms with Gasteiger partial charge in [-0.15, -0.1) is 11.8 Å². The van der Waals surface area contributed by atoms with Crippen LogP contribution in [0.3, 0.4) is 0 Å². The summed E-state index contributed by atoms with van der Waals surface area (Å²) in [5.74, 6) is 0.322. The minimum absolute atomic E-state index is 0.185. The Labute approximate surface area is 132 Å². The average Bonchev–Trinajstić information content (AvgIpc) is 2.56. The summed E-state index contributed by atoms with van der Waals surface area (Å²) < 4.78 is 13.8. The summed E-state index contributed by atoms with van der Waals surface area (Å²) in [5, 5.41) is 11.7. The van der Waals surface area contributed by atoms with Crippen LogP contribution in [-0.2, 0) is 0 Å². The topological polar surface area (TPSA) is 52.9 Å². The van der Waals surface area contributed by atoms with Crippen molar-refractivity contribution in [2.75, 3.05) is 5.75 Å². The lowest BCUT2D eigenvalue weighted by Crippen LogP contribution is -2.30. The Morgan fingerprint density at radius 3 is 2.77 bits per heavy atom. The summed E-state index contributed by atoms with van der Waals surface area (Å²) in [6.07, 6.45) is 0.767. The van der Waals surface area contributed by atoms with Crippen LogP contribution in [0.2, 0.25) is 0 Å². The predicted molar refractivity (Wildman–Crippen MR) is 83.1 cm³/mol. The quantitative estimate of drug-likeness (QED) is 0.920. The number of carbonyl (C=O) groups excluding carboxylic acids is 1. The van der Waals surface area contributed by atoms with E-state index in [0.717, 1.165) is 17.7 Å². The molecule has 1 aliphatic heterocycles. The van der Waals surface area contributed by atoms with Crippen LogP contribution in [0.25, 0.3) is 0 Å². The van der Waals surface area contributed by atoms with Crippen LogP contribution in [0.1, 0.15) is 33.9 Å². The number of carbonyl (C=O) groups is 1. The van der Waals surface area contributed by atoms with E-state index in [9.17, 15) is 9.18 Å². The summed E-state index contributed by atoms with van der Waals surface area (Å²) >= 11 is 1.48. The number of nitrogens with one attached hydrogen (secondary N) is 1. The molecule has 22 heavy (non-hydrogen) atoms. The predicted octanol–water partition coefficient (Wildman–Crippen LogP) is 3.66. The highest BCUT2D eigenvalue weighted by molar-refractivity contribution is 7.99. The Balaban J connectivity index is 1.81. The Bertz CT molecular complexity index is 752. The lowest BCUT2D eigenvalue weighted by molar-refractivity contribution is 0.0935. The monoisotopic (exact) mass is 312 g/mol. The summed E-state index contributed by atoms with van der Waals surface area (Å²) in [5.41, 5.74) is 1.84. The van der Waals surface area contributed by atoms with Crippen LogP contribution in [0.15, 0.2) is 47.4 Å². The molecule has 5 heteroatoms. The number of hydrogen-bond acceptors (Lipinski definition) is 3. The highest BCUT2D eigenvalue weighted by Crippen LogP contribution is 2.37. The van der Waals surface area contributed by atoms with Crippen LogP contribution in [-0.4, -0.2) is 11.7 Å². The van der Waals surface area contributed by atoms with E-state index in [0.29, 0.717) is 16.0 Å². The SMILES string of the molecule is N#Cc1ccc(C(=O)NC2CCSc3c(F)cccc32)cc1. The molecule has 0 aromatic heterocycles. The van der Waals surface area contributed by atoms with Crippen molar-refractivity contribution < 1.29 is 9.18 Å². The summed E-state index contributed by atoms with van der Waals surface area (Å²) in [7, 11) is 0. The lowest BCUT2D eigenvalue weighted by Gasteiger charge is -2.26. The smallest absolute Gasteiger partial charge is 0.251 e. The molecule has 110 valence electrons. The third-order valence-electron chi connectivity index (χ3n) is 3.61. The van der Waals surface area contributed by atoms with Crippen molar-refractivity contribution in [1.29, 1.82) is 5.26 Å². The molecule has 0 radical (unpaired) electrons. The number of amides is 1. The summed E-state index contributed by atoms with van der Waals surface area (Å²) in [6, 6.07) is 13.3. The first-order valence-corrected chi connectivity index (χ1v) is 7.90. The van der Waals surface area contributed by atoms with E-state index >= 15 is 0 Å². The van der Waals surface area contributed by atoms with Gasteiger partial charge in [-0.2, -0.15) is 5.26 Å². The number of thioether (sulfide) groups is 1. The molecule has 0 bridgehead atoms. The zero-order valence-electron chi connectivity index (χ0n) is 11.7. The number of rotatable bonds is 2. The van der Waals surface area contributed by atoms with E-state index in [-0.39, 0.29) is 17.8 Å². The molecule has 0 spiro atoms. The molecule has 1 heterocycles. The molecule has 1 atom stereocenters. The number of nitrogens with zero attached hydrogens (tertiary/aromatic N) is 1. The van der Waals surface area contributed by atoms with Gasteiger partial charge in [0.05, 0.1) is 17.7 Å². The molecule has 0 saturated heterocycles. The molecule has 3 nitrogen and oxygen atoms in total. The number of fused-ring (bicyclic) bond motifs is 1. The van der Waals surface area contributed by atoms with Crippen LogP contribution < -0.4 is 5.32 Å². The molecule has 2 aromatic rings. The first-order chi connectivity index (χ1) is 10.7. The molecule has 1 N–H and O–H groups in total. The summed E-state index contributed by atoms with van der Waals surface area (Å²) in [4.78, 5) is 12.9. The minimum Gasteiger partial charge on any atom is -0.345 e. The molecule has 2 aromatic carbocycles. The molecule has 1 amide bonds. The van der Waals surface area contributed by atoms with Gasteiger partial charge in [0, 0.05) is 16.2 Å².